The van der Waals surface area contributed by atoms with Gasteiger partial charge in [-0.25, -0.2) is 4.98 Å². The maximum absolute atomic E-state index is 12.7. The molecule has 0 N–H and O–H groups in total. The van der Waals surface area contributed by atoms with Crippen LogP contribution in [-0.2, 0) is 6.54 Å². The second-order valence-corrected chi connectivity index (χ2v) is 4.45. The van der Waals surface area contributed by atoms with Gasteiger partial charge in [0.15, 0.2) is 11.4 Å². The van der Waals surface area contributed by atoms with Crippen molar-refractivity contribution in [3.63, 3.8) is 0 Å². The standard InChI is InChI=1S/C15H14N4O2/c1-3-19-14(13(21-2)9-17-19)15(20)12-8-16-10-6-4-5-7-11(10)18-12/h4-9H,3H2,1-2H3. The van der Waals surface area contributed by atoms with E-state index in [2.05, 4.69) is 15.1 Å². The van der Waals surface area contributed by atoms with E-state index in [9.17, 15) is 4.79 Å². The molecular weight excluding hydrogens is 268 g/mol. The van der Waals surface area contributed by atoms with Crippen molar-refractivity contribution in [1.82, 2.24) is 19.7 Å². The highest BCUT2D eigenvalue weighted by Gasteiger charge is 2.22. The van der Waals surface area contributed by atoms with Gasteiger partial charge in [0.1, 0.15) is 5.69 Å². The summed E-state index contributed by atoms with van der Waals surface area (Å²) in [7, 11) is 1.51. The van der Waals surface area contributed by atoms with Gasteiger partial charge in [-0.05, 0) is 19.1 Å². The zero-order valence-corrected chi connectivity index (χ0v) is 11.8. The van der Waals surface area contributed by atoms with E-state index in [1.54, 1.807) is 4.68 Å². The van der Waals surface area contributed by atoms with Crippen LogP contribution < -0.4 is 4.74 Å². The van der Waals surface area contributed by atoms with Gasteiger partial charge in [-0.15, -0.1) is 0 Å². The van der Waals surface area contributed by atoms with Crippen LogP contribution in [0.25, 0.3) is 11.0 Å². The Hall–Kier alpha value is -2.76. The van der Waals surface area contributed by atoms with Crippen molar-refractivity contribution in [2.75, 3.05) is 7.11 Å². The largest absolute Gasteiger partial charge is 0.493 e. The van der Waals surface area contributed by atoms with Crippen molar-refractivity contribution in [3.05, 3.63) is 48.0 Å². The first kappa shape index (κ1) is 13.2. The van der Waals surface area contributed by atoms with Crippen molar-refractivity contribution < 1.29 is 9.53 Å². The summed E-state index contributed by atoms with van der Waals surface area (Å²) in [4.78, 5) is 21.3. The zero-order valence-electron chi connectivity index (χ0n) is 11.8. The summed E-state index contributed by atoms with van der Waals surface area (Å²) in [5.74, 6) is 0.196. The summed E-state index contributed by atoms with van der Waals surface area (Å²) < 4.78 is 6.80. The molecule has 0 aliphatic carbocycles. The van der Waals surface area contributed by atoms with E-state index >= 15 is 0 Å². The lowest BCUT2D eigenvalue weighted by molar-refractivity contribution is 0.102. The van der Waals surface area contributed by atoms with Crippen molar-refractivity contribution >= 4 is 16.8 Å². The number of aromatic nitrogens is 4. The van der Waals surface area contributed by atoms with E-state index in [-0.39, 0.29) is 11.5 Å². The Labute approximate surface area is 121 Å². The highest BCUT2D eigenvalue weighted by Crippen LogP contribution is 2.21. The van der Waals surface area contributed by atoms with Crippen LogP contribution in [0.4, 0.5) is 0 Å². The van der Waals surface area contributed by atoms with E-state index in [1.807, 2.05) is 31.2 Å². The maximum atomic E-state index is 12.7. The Morgan fingerprint density at radius 2 is 2.00 bits per heavy atom. The number of carbonyl (C=O) groups excluding carboxylic acids is 1. The lowest BCUT2D eigenvalue weighted by Gasteiger charge is -2.06. The van der Waals surface area contributed by atoms with Crippen LogP contribution in [-0.4, -0.2) is 32.6 Å². The van der Waals surface area contributed by atoms with Crippen molar-refractivity contribution in [3.8, 4) is 5.75 Å². The van der Waals surface area contributed by atoms with Gasteiger partial charge in [-0.1, -0.05) is 12.1 Å². The minimum Gasteiger partial charge on any atom is -0.493 e. The molecule has 0 aliphatic rings. The molecule has 21 heavy (non-hydrogen) atoms. The number of nitrogens with zero attached hydrogens (tertiary/aromatic N) is 4. The van der Waals surface area contributed by atoms with Gasteiger partial charge in [-0.3, -0.25) is 14.5 Å². The van der Waals surface area contributed by atoms with Gasteiger partial charge in [0.25, 0.3) is 0 Å². The predicted molar refractivity (Wildman–Crippen MR) is 77.4 cm³/mol. The highest BCUT2D eigenvalue weighted by atomic mass is 16.5. The molecule has 0 aliphatic heterocycles. The molecule has 0 radical (unpaired) electrons. The maximum Gasteiger partial charge on any atom is 0.234 e. The van der Waals surface area contributed by atoms with Gasteiger partial charge < -0.3 is 4.74 Å². The average molecular weight is 282 g/mol. The fourth-order valence-corrected chi connectivity index (χ4v) is 2.17. The second kappa shape index (κ2) is 5.32. The second-order valence-electron chi connectivity index (χ2n) is 4.45. The number of hydrogen-bond acceptors (Lipinski definition) is 5. The summed E-state index contributed by atoms with van der Waals surface area (Å²) in [6.07, 6.45) is 3.02. The van der Waals surface area contributed by atoms with E-state index in [4.69, 9.17) is 4.74 Å². The van der Waals surface area contributed by atoms with Gasteiger partial charge >= 0.3 is 0 Å². The van der Waals surface area contributed by atoms with Crippen LogP contribution >= 0.6 is 0 Å². The van der Waals surface area contributed by atoms with Crippen LogP contribution in [0.2, 0.25) is 0 Å². The van der Waals surface area contributed by atoms with E-state index in [1.165, 1.54) is 19.5 Å². The van der Waals surface area contributed by atoms with Crippen LogP contribution in [0.15, 0.2) is 36.7 Å². The lowest BCUT2D eigenvalue weighted by Crippen LogP contribution is -2.13. The van der Waals surface area contributed by atoms with Gasteiger partial charge in [-0.2, -0.15) is 5.10 Å². The molecule has 0 bridgehead atoms. The molecule has 0 spiro atoms. The molecule has 0 saturated carbocycles. The summed E-state index contributed by atoms with van der Waals surface area (Å²) in [5.41, 5.74) is 2.11. The van der Waals surface area contributed by atoms with Crippen molar-refractivity contribution in [2.45, 2.75) is 13.5 Å². The van der Waals surface area contributed by atoms with E-state index < -0.39 is 0 Å². The first-order chi connectivity index (χ1) is 10.2. The van der Waals surface area contributed by atoms with Crippen molar-refractivity contribution in [2.24, 2.45) is 0 Å². The van der Waals surface area contributed by atoms with Gasteiger partial charge in [0.2, 0.25) is 5.78 Å². The number of ketones is 1. The number of carbonyl (C=O) groups is 1. The fraction of sp³-hybridized carbons (Fsp3) is 0.200. The smallest absolute Gasteiger partial charge is 0.234 e. The molecule has 106 valence electrons. The summed E-state index contributed by atoms with van der Waals surface area (Å²) in [6.45, 7) is 2.49. The lowest BCUT2D eigenvalue weighted by atomic mass is 10.2. The topological polar surface area (TPSA) is 69.9 Å². The molecule has 2 heterocycles. The molecular formula is C15H14N4O2. The van der Waals surface area contributed by atoms with E-state index in [0.717, 1.165) is 5.52 Å². The minimum atomic E-state index is -0.246. The Kier molecular flexibility index (Phi) is 3.35. The number of rotatable bonds is 4. The first-order valence-corrected chi connectivity index (χ1v) is 6.61. The molecule has 0 amide bonds. The third-order valence-electron chi connectivity index (χ3n) is 3.22. The quantitative estimate of drug-likeness (QED) is 0.685. The molecule has 0 atom stereocenters. The third-order valence-corrected chi connectivity index (χ3v) is 3.22. The summed E-state index contributed by atoms with van der Waals surface area (Å²) in [6, 6.07) is 7.43. The Balaban J connectivity index is 2.10. The van der Waals surface area contributed by atoms with Gasteiger partial charge in [0, 0.05) is 6.54 Å². The normalized spacial score (nSPS) is 10.8. The zero-order chi connectivity index (χ0) is 14.8. The average Bonchev–Trinajstić information content (AvgIpc) is 2.96. The first-order valence-electron chi connectivity index (χ1n) is 6.61. The van der Waals surface area contributed by atoms with Crippen molar-refractivity contribution in [1.29, 1.82) is 0 Å². The van der Waals surface area contributed by atoms with E-state index in [0.29, 0.717) is 23.5 Å². The molecule has 1 aromatic carbocycles. The summed E-state index contributed by atoms with van der Waals surface area (Å²) in [5, 5.41) is 4.14. The van der Waals surface area contributed by atoms with Crippen LogP contribution in [0.5, 0.6) is 5.75 Å². The Morgan fingerprint density at radius 3 is 2.71 bits per heavy atom. The molecule has 6 nitrogen and oxygen atoms in total. The molecule has 3 aromatic rings. The molecule has 0 fully saturated rings. The molecule has 3 rings (SSSR count). The molecule has 2 aromatic heterocycles. The van der Waals surface area contributed by atoms with Crippen LogP contribution in [0, 0.1) is 0 Å². The number of aryl methyl sites for hydroxylation is 1. The molecule has 0 unspecified atom stereocenters. The predicted octanol–water partition coefficient (Wildman–Crippen LogP) is 2.09. The summed E-state index contributed by atoms with van der Waals surface area (Å²) >= 11 is 0. The molecule has 0 saturated heterocycles. The number of hydrogen-bond donors (Lipinski definition) is 0. The monoisotopic (exact) mass is 282 g/mol. The third kappa shape index (κ3) is 2.24. The number of ether oxygens (including phenoxy) is 1. The number of fused-ring (bicyclic) bond motifs is 1. The van der Waals surface area contributed by atoms with Gasteiger partial charge in [0.05, 0.1) is 30.5 Å². The fourth-order valence-electron chi connectivity index (χ4n) is 2.17. The SMILES string of the molecule is CCn1ncc(OC)c1C(=O)c1cnc2ccccc2n1. The Morgan fingerprint density at radius 1 is 1.24 bits per heavy atom. The van der Waals surface area contributed by atoms with Crippen LogP contribution in [0.1, 0.15) is 23.1 Å². The number of methoxy groups -OCH3 is 1. The highest BCUT2D eigenvalue weighted by molar-refractivity contribution is 6.08. The Bertz CT molecular complexity index is 789. The number of para-hydroxylation sites is 2. The molecule has 6 heteroatoms. The number of benzene rings is 1. The van der Waals surface area contributed by atoms with Crippen LogP contribution in [0.3, 0.4) is 0 Å². The minimum absolute atomic E-state index is 0.246.